The maximum absolute atomic E-state index is 13.5. The van der Waals surface area contributed by atoms with E-state index < -0.39 is 28.9 Å². The molecule has 9 nitrogen and oxygen atoms in total. The number of halogens is 1. The van der Waals surface area contributed by atoms with Crippen LogP contribution in [0.25, 0.3) is 5.69 Å². The number of nitrogens with one attached hydrogen (secondary N) is 1. The average Bonchev–Trinajstić information content (AvgIpc) is 2.91. The van der Waals surface area contributed by atoms with Crippen molar-refractivity contribution in [1.82, 2.24) is 19.7 Å². The molecule has 1 atom stereocenters. The number of amides is 1. The van der Waals surface area contributed by atoms with E-state index in [1.165, 1.54) is 20.3 Å². The van der Waals surface area contributed by atoms with Gasteiger partial charge in [-0.1, -0.05) is 54.1 Å². The molecule has 0 spiro atoms. The van der Waals surface area contributed by atoms with E-state index in [9.17, 15) is 14.4 Å². The topological polar surface area (TPSA) is 104 Å². The molecule has 0 saturated carbocycles. The number of ether oxygens (including phenoxy) is 2. The standard InChI is InChI=1S/C27H25ClN4O5/c1-17(19-9-5-4-6-10-19)29-25(33)24-26(34)31(16-18-8-7-11-20(28)14-18)27(35)32(30-24)21-12-13-22(36-2)23(15-21)37-3/h4-15,17H,16H2,1-3H3,(H,29,33). The molecule has 4 rings (SSSR count). The molecular formula is C27H25ClN4O5. The summed E-state index contributed by atoms with van der Waals surface area (Å²) in [6.45, 7) is 1.69. The third kappa shape index (κ3) is 5.57. The van der Waals surface area contributed by atoms with E-state index in [1.54, 1.807) is 43.3 Å². The van der Waals surface area contributed by atoms with Gasteiger partial charge in [0, 0.05) is 11.1 Å². The number of methoxy groups -OCH3 is 2. The van der Waals surface area contributed by atoms with Gasteiger partial charge in [-0.2, -0.15) is 9.78 Å². The second-order valence-corrected chi connectivity index (χ2v) is 8.65. The molecule has 10 heteroatoms. The van der Waals surface area contributed by atoms with Crippen molar-refractivity contribution in [2.75, 3.05) is 14.2 Å². The van der Waals surface area contributed by atoms with Crippen LogP contribution in [0.1, 0.15) is 34.6 Å². The molecule has 0 aliphatic heterocycles. The van der Waals surface area contributed by atoms with Crippen LogP contribution in [0.3, 0.4) is 0 Å². The van der Waals surface area contributed by atoms with Crippen LogP contribution in [0.4, 0.5) is 0 Å². The second kappa shape index (κ2) is 11.1. The van der Waals surface area contributed by atoms with Gasteiger partial charge in [0.15, 0.2) is 11.5 Å². The first-order valence-electron chi connectivity index (χ1n) is 11.4. The van der Waals surface area contributed by atoms with Gasteiger partial charge in [-0.25, -0.2) is 4.79 Å². The Balaban J connectivity index is 1.84. The number of carbonyl (C=O) groups excluding carboxylic acids is 1. The summed E-state index contributed by atoms with van der Waals surface area (Å²) in [5, 5.41) is 7.43. The van der Waals surface area contributed by atoms with E-state index in [0.29, 0.717) is 22.1 Å². The first-order chi connectivity index (χ1) is 17.8. The molecule has 4 aromatic rings. The highest BCUT2D eigenvalue weighted by Gasteiger charge is 2.23. The van der Waals surface area contributed by atoms with Crippen LogP contribution in [-0.4, -0.2) is 34.5 Å². The Morgan fingerprint density at radius 1 is 0.973 bits per heavy atom. The molecule has 0 saturated heterocycles. The van der Waals surface area contributed by atoms with Crippen LogP contribution in [0.5, 0.6) is 11.5 Å². The zero-order valence-electron chi connectivity index (χ0n) is 20.5. The maximum atomic E-state index is 13.5. The Morgan fingerprint density at radius 3 is 2.38 bits per heavy atom. The van der Waals surface area contributed by atoms with Crippen LogP contribution >= 0.6 is 11.6 Å². The Morgan fingerprint density at radius 2 is 1.70 bits per heavy atom. The molecule has 37 heavy (non-hydrogen) atoms. The SMILES string of the molecule is COc1ccc(-n2nc(C(=O)NC(C)c3ccccc3)c(=O)n(Cc3cccc(Cl)c3)c2=O)cc1OC. The van der Waals surface area contributed by atoms with E-state index >= 15 is 0 Å². The van der Waals surface area contributed by atoms with Gasteiger partial charge in [0.05, 0.1) is 32.5 Å². The fourth-order valence-electron chi connectivity index (χ4n) is 3.83. The molecule has 1 heterocycles. The van der Waals surface area contributed by atoms with Crippen molar-refractivity contribution in [2.45, 2.75) is 19.5 Å². The number of rotatable bonds is 8. The van der Waals surface area contributed by atoms with Crippen molar-refractivity contribution in [3.8, 4) is 17.2 Å². The largest absolute Gasteiger partial charge is 0.493 e. The van der Waals surface area contributed by atoms with Crippen LogP contribution in [-0.2, 0) is 6.54 Å². The number of carbonyl (C=O) groups is 1. The van der Waals surface area contributed by atoms with Gasteiger partial charge in [0.2, 0.25) is 5.69 Å². The monoisotopic (exact) mass is 520 g/mol. The highest BCUT2D eigenvalue weighted by Crippen LogP contribution is 2.28. The molecule has 0 bridgehead atoms. The molecule has 3 aromatic carbocycles. The second-order valence-electron chi connectivity index (χ2n) is 8.21. The summed E-state index contributed by atoms with van der Waals surface area (Å²) in [6, 6.07) is 20.4. The summed E-state index contributed by atoms with van der Waals surface area (Å²) in [7, 11) is 2.95. The highest BCUT2D eigenvalue weighted by atomic mass is 35.5. The Bertz CT molecular complexity index is 1550. The normalized spacial score (nSPS) is 11.6. The molecule has 0 aliphatic rings. The summed E-state index contributed by atoms with van der Waals surface area (Å²) in [5.41, 5.74) is -0.236. The average molecular weight is 521 g/mol. The van der Waals surface area contributed by atoms with Crippen LogP contribution in [0.2, 0.25) is 5.02 Å². The van der Waals surface area contributed by atoms with E-state index in [1.807, 2.05) is 30.3 Å². The number of benzene rings is 3. The molecule has 1 aromatic heterocycles. The Kier molecular flexibility index (Phi) is 7.74. The van der Waals surface area contributed by atoms with Gasteiger partial charge in [-0.05, 0) is 42.3 Å². The lowest BCUT2D eigenvalue weighted by Gasteiger charge is -2.16. The number of hydrogen-bond acceptors (Lipinski definition) is 6. The van der Waals surface area contributed by atoms with Crippen LogP contribution in [0.15, 0.2) is 82.4 Å². The molecule has 0 aliphatic carbocycles. The van der Waals surface area contributed by atoms with Gasteiger partial charge >= 0.3 is 5.69 Å². The summed E-state index contributed by atoms with van der Waals surface area (Å²) in [4.78, 5) is 40.1. The lowest BCUT2D eigenvalue weighted by Crippen LogP contribution is -2.46. The molecule has 0 radical (unpaired) electrons. The molecular weight excluding hydrogens is 496 g/mol. The van der Waals surface area contributed by atoms with E-state index in [-0.39, 0.29) is 12.2 Å². The van der Waals surface area contributed by atoms with Crippen molar-refractivity contribution >= 4 is 17.5 Å². The molecule has 1 unspecified atom stereocenters. The zero-order valence-corrected chi connectivity index (χ0v) is 21.2. The summed E-state index contributed by atoms with van der Waals surface area (Å²) in [5.74, 6) is 0.0848. The van der Waals surface area contributed by atoms with Crippen LogP contribution < -0.4 is 26.0 Å². The highest BCUT2D eigenvalue weighted by molar-refractivity contribution is 6.30. The number of nitrogens with zero attached hydrogens (tertiary/aromatic N) is 3. The van der Waals surface area contributed by atoms with E-state index in [4.69, 9.17) is 21.1 Å². The molecule has 1 N–H and O–H groups in total. The number of hydrogen-bond donors (Lipinski definition) is 1. The zero-order chi connectivity index (χ0) is 26.5. The predicted molar refractivity (Wildman–Crippen MR) is 140 cm³/mol. The molecule has 190 valence electrons. The van der Waals surface area contributed by atoms with Gasteiger partial charge in [0.25, 0.3) is 11.5 Å². The summed E-state index contributed by atoms with van der Waals surface area (Å²) >= 11 is 6.10. The first-order valence-corrected chi connectivity index (χ1v) is 11.8. The lowest BCUT2D eigenvalue weighted by atomic mass is 10.1. The smallest absolute Gasteiger partial charge is 0.352 e. The van der Waals surface area contributed by atoms with E-state index in [2.05, 4.69) is 10.4 Å². The Labute approximate surface area is 217 Å². The van der Waals surface area contributed by atoms with Gasteiger partial charge < -0.3 is 14.8 Å². The van der Waals surface area contributed by atoms with Gasteiger partial charge in [0.1, 0.15) is 0 Å². The van der Waals surface area contributed by atoms with Crippen molar-refractivity contribution in [3.63, 3.8) is 0 Å². The van der Waals surface area contributed by atoms with E-state index in [0.717, 1.165) is 14.8 Å². The third-order valence-electron chi connectivity index (χ3n) is 5.76. The minimum atomic E-state index is -0.820. The molecule has 0 fully saturated rings. The third-order valence-corrected chi connectivity index (χ3v) is 6.00. The van der Waals surface area contributed by atoms with Crippen molar-refractivity contribution in [2.24, 2.45) is 0 Å². The minimum absolute atomic E-state index is 0.109. The Hall–Kier alpha value is -4.37. The van der Waals surface area contributed by atoms with Crippen molar-refractivity contribution < 1.29 is 14.3 Å². The maximum Gasteiger partial charge on any atom is 0.352 e. The minimum Gasteiger partial charge on any atom is -0.493 e. The van der Waals surface area contributed by atoms with Gasteiger partial charge in [-0.3, -0.25) is 14.2 Å². The summed E-state index contributed by atoms with van der Waals surface area (Å²) in [6.07, 6.45) is 0. The number of aromatic nitrogens is 3. The quantitative estimate of drug-likeness (QED) is 0.380. The fraction of sp³-hybridized carbons (Fsp3) is 0.185. The van der Waals surface area contributed by atoms with Crippen LogP contribution in [0, 0.1) is 0 Å². The lowest BCUT2D eigenvalue weighted by molar-refractivity contribution is 0.0930. The predicted octanol–water partition coefficient (Wildman–Crippen LogP) is 3.60. The first kappa shape index (κ1) is 25.7. The van der Waals surface area contributed by atoms with Crippen molar-refractivity contribution in [1.29, 1.82) is 0 Å². The molecule has 1 amide bonds. The van der Waals surface area contributed by atoms with Crippen molar-refractivity contribution in [3.05, 3.63) is 115 Å². The van der Waals surface area contributed by atoms with Gasteiger partial charge in [-0.15, -0.1) is 0 Å². The fourth-order valence-corrected chi connectivity index (χ4v) is 4.04. The summed E-state index contributed by atoms with van der Waals surface area (Å²) < 4.78 is 12.6.